The summed E-state index contributed by atoms with van der Waals surface area (Å²) in [5.41, 5.74) is 4.00. The predicted octanol–water partition coefficient (Wildman–Crippen LogP) is 2.08. The van der Waals surface area contributed by atoms with Crippen molar-refractivity contribution in [3.8, 4) is 0 Å². The number of quaternary nitrogens is 1. The normalized spacial score (nSPS) is 31.0. The van der Waals surface area contributed by atoms with Gasteiger partial charge in [0, 0.05) is 36.3 Å². The summed E-state index contributed by atoms with van der Waals surface area (Å²) in [5, 5.41) is 10.8. The molecule has 2 bridgehead atoms. The van der Waals surface area contributed by atoms with E-state index in [1.54, 1.807) is 4.90 Å². The Bertz CT molecular complexity index is 662. The molecule has 1 aromatic carbocycles. The number of hydrogen-bond acceptors (Lipinski definition) is 1. The number of aliphatic hydroxyl groups excluding tert-OH is 1. The lowest BCUT2D eigenvalue weighted by atomic mass is 9.73. The summed E-state index contributed by atoms with van der Waals surface area (Å²) in [6.07, 6.45) is 4.82. The van der Waals surface area contributed by atoms with E-state index < -0.39 is 0 Å². The van der Waals surface area contributed by atoms with Crippen LogP contribution in [0.25, 0.3) is 10.9 Å². The third kappa shape index (κ3) is 2.19. The lowest BCUT2D eigenvalue weighted by Crippen LogP contribution is -3.16. The molecule has 118 valence electrons. The van der Waals surface area contributed by atoms with E-state index in [2.05, 4.69) is 36.2 Å². The van der Waals surface area contributed by atoms with Crippen molar-refractivity contribution in [1.29, 1.82) is 0 Å². The highest BCUT2D eigenvalue weighted by Crippen LogP contribution is 2.37. The Morgan fingerprint density at radius 2 is 2.18 bits per heavy atom. The SMILES string of the molecule is CC[C@H]1C[NH+]2CC[C@H]1C[C@H]2c1[nH]c2ccccc2c1CCO. The Labute approximate surface area is 132 Å². The van der Waals surface area contributed by atoms with Crippen molar-refractivity contribution in [2.45, 2.75) is 38.6 Å². The highest BCUT2D eigenvalue weighted by Gasteiger charge is 2.44. The molecule has 2 aromatic rings. The molecule has 0 spiro atoms. The molecular formula is C19H27N2O+. The molecule has 4 atom stereocenters. The van der Waals surface area contributed by atoms with Gasteiger partial charge in [0.1, 0.15) is 6.04 Å². The van der Waals surface area contributed by atoms with Crippen LogP contribution in [0.3, 0.4) is 0 Å². The first-order valence-electron chi connectivity index (χ1n) is 8.86. The van der Waals surface area contributed by atoms with E-state index in [4.69, 9.17) is 0 Å². The number of rotatable bonds is 4. The first-order chi connectivity index (χ1) is 10.8. The fraction of sp³-hybridized carbons (Fsp3) is 0.579. The first-order valence-corrected chi connectivity index (χ1v) is 8.86. The minimum atomic E-state index is 0.234. The van der Waals surface area contributed by atoms with E-state index in [0.29, 0.717) is 6.04 Å². The van der Waals surface area contributed by atoms with Crippen molar-refractivity contribution >= 4 is 10.9 Å². The van der Waals surface area contributed by atoms with Crippen molar-refractivity contribution in [3.63, 3.8) is 0 Å². The molecule has 3 fully saturated rings. The number of fused-ring (bicyclic) bond motifs is 4. The maximum absolute atomic E-state index is 9.51. The maximum atomic E-state index is 9.51. The van der Waals surface area contributed by atoms with Crippen LogP contribution in [0.1, 0.15) is 43.5 Å². The van der Waals surface area contributed by atoms with Crippen LogP contribution in [0.2, 0.25) is 0 Å². The second kappa shape index (κ2) is 5.71. The predicted molar refractivity (Wildman–Crippen MR) is 89.0 cm³/mol. The van der Waals surface area contributed by atoms with E-state index in [1.807, 2.05) is 0 Å². The molecule has 22 heavy (non-hydrogen) atoms. The number of aromatic amines is 1. The molecule has 3 heteroatoms. The van der Waals surface area contributed by atoms with Gasteiger partial charge in [-0.1, -0.05) is 25.1 Å². The fourth-order valence-corrected chi connectivity index (χ4v) is 5.01. The van der Waals surface area contributed by atoms with Gasteiger partial charge in [-0.2, -0.15) is 0 Å². The Balaban J connectivity index is 1.73. The van der Waals surface area contributed by atoms with Gasteiger partial charge < -0.3 is 15.0 Å². The van der Waals surface area contributed by atoms with Gasteiger partial charge >= 0.3 is 0 Å². The standard InChI is InChI=1S/C19H26N2O/c1-2-13-12-21-9-7-14(13)11-18(21)19-16(8-10-22)15-5-3-4-6-17(15)20-19/h3-6,13-14,18,20,22H,2,7-12H2,1H3/p+1/t13-,14-,18-/m0/s1. The molecule has 3 aliphatic rings. The van der Waals surface area contributed by atoms with Crippen molar-refractivity contribution < 1.29 is 10.0 Å². The van der Waals surface area contributed by atoms with Crippen LogP contribution in [0.5, 0.6) is 0 Å². The number of nitrogens with one attached hydrogen (secondary N) is 2. The largest absolute Gasteiger partial charge is 0.396 e. The van der Waals surface area contributed by atoms with Crippen molar-refractivity contribution in [1.82, 2.24) is 4.98 Å². The summed E-state index contributed by atoms with van der Waals surface area (Å²) < 4.78 is 0. The zero-order chi connectivity index (χ0) is 15.1. The second-order valence-electron chi connectivity index (χ2n) is 7.15. The lowest BCUT2D eigenvalue weighted by molar-refractivity contribution is -0.953. The minimum absolute atomic E-state index is 0.234. The number of H-pyrrole nitrogens is 1. The van der Waals surface area contributed by atoms with Crippen LogP contribution < -0.4 is 4.90 Å². The summed E-state index contributed by atoms with van der Waals surface area (Å²) in [4.78, 5) is 5.47. The minimum Gasteiger partial charge on any atom is -0.396 e. The van der Waals surface area contributed by atoms with E-state index in [9.17, 15) is 5.11 Å². The van der Waals surface area contributed by atoms with Crippen LogP contribution in [0.4, 0.5) is 0 Å². The zero-order valence-electron chi connectivity index (χ0n) is 13.4. The van der Waals surface area contributed by atoms with Gasteiger partial charge in [0.05, 0.1) is 18.8 Å². The fourth-order valence-electron chi connectivity index (χ4n) is 5.01. The number of aromatic nitrogens is 1. The quantitative estimate of drug-likeness (QED) is 0.795. The summed E-state index contributed by atoms with van der Waals surface area (Å²) in [7, 11) is 0. The van der Waals surface area contributed by atoms with E-state index in [1.165, 1.54) is 54.5 Å². The molecule has 3 N–H and O–H groups in total. The molecule has 1 unspecified atom stereocenters. The molecule has 3 saturated heterocycles. The monoisotopic (exact) mass is 299 g/mol. The van der Waals surface area contributed by atoms with Crippen LogP contribution in [-0.4, -0.2) is 29.8 Å². The molecule has 4 heterocycles. The molecule has 3 aliphatic heterocycles. The molecule has 5 rings (SSSR count). The number of piperidine rings is 3. The molecule has 0 aliphatic carbocycles. The molecule has 1 aromatic heterocycles. The number of aliphatic hydroxyl groups is 1. The van der Waals surface area contributed by atoms with Gasteiger partial charge in [-0.05, 0) is 30.4 Å². The first kappa shape index (κ1) is 14.3. The number of hydrogen-bond donors (Lipinski definition) is 3. The molecule has 0 radical (unpaired) electrons. The van der Waals surface area contributed by atoms with E-state index >= 15 is 0 Å². The average molecular weight is 299 g/mol. The van der Waals surface area contributed by atoms with E-state index in [0.717, 1.165) is 18.3 Å². The van der Waals surface area contributed by atoms with Crippen LogP contribution >= 0.6 is 0 Å². The third-order valence-corrected chi connectivity index (χ3v) is 6.14. The molecule has 3 nitrogen and oxygen atoms in total. The third-order valence-electron chi connectivity index (χ3n) is 6.14. The van der Waals surface area contributed by atoms with Crippen molar-refractivity contribution in [2.75, 3.05) is 19.7 Å². The van der Waals surface area contributed by atoms with Crippen LogP contribution in [-0.2, 0) is 6.42 Å². The number of para-hydroxylation sites is 1. The molecule has 0 saturated carbocycles. The van der Waals surface area contributed by atoms with Crippen LogP contribution in [0.15, 0.2) is 24.3 Å². The van der Waals surface area contributed by atoms with Crippen molar-refractivity contribution in [3.05, 3.63) is 35.5 Å². The van der Waals surface area contributed by atoms with Gasteiger partial charge in [0.15, 0.2) is 0 Å². The van der Waals surface area contributed by atoms with Crippen molar-refractivity contribution in [2.24, 2.45) is 11.8 Å². The number of benzene rings is 1. The smallest absolute Gasteiger partial charge is 0.129 e. The lowest BCUT2D eigenvalue weighted by Gasteiger charge is -2.46. The van der Waals surface area contributed by atoms with Gasteiger partial charge in [0.25, 0.3) is 0 Å². The zero-order valence-corrected chi connectivity index (χ0v) is 13.4. The Morgan fingerprint density at radius 1 is 1.32 bits per heavy atom. The Hall–Kier alpha value is -1.32. The van der Waals surface area contributed by atoms with Gasteiger partial charge in [-0.3, -0.25) is 0 Å². The Morgan fingerprint density at radius 3 is 2.91 bits per heavy atom. The second-order valence-corrected chi connectivity index (χ2v) is 7.15. The highest BCUT2D eigenvalue weighted by molar-refractivity contribution is 5.84. The van der Waals surface area contributed by atoms with Crippen LogP contribution in [0, 0.1) is 11.8 Å². The topological polar surface area (TPSA) is 40.5 Å². The average Bonchev–Trinajstić information content (AvgIpc) is 2.94. The summed E-state index contributed by atoms with van der Waals surface area (Å²) in [5.74, 6) is 1.83. The molecular weight excluding hydrogens is 272 g/mol. The molecule has 0 amide bonds. The summed E-state index contributed by atoms with van der Waals surface area (Å²) >= 11 is 0. The van der Waals surface area contributed by atoms with Gasteiger partial charge in [-0.25, -0.2) is 0 Å². The van der Waals surface area contributed by atoms with Gasteiger partial charge in [0.2, 0.25) is 0 Å². The van der Waals surface area contributed by atoms with Gasteiger partial charge in [-0.15, -0.1) is 0 Å². The highest BCUT2D eigenvalue weighted by atomic mass is 16.2. The van der Waals surface area contributed by atoms with E-state index in [-0.39, 0.29) is 6.61 Å². The maximum Gasteiger partial charge on any atom is 0.129 e. The summed E-state index contributed by atoms with van der Waals surface area (Å²) in [6.45, 7) is 5.23. The summed E-state index contributed by atoms with van der Waals surface area (Å²) in [6, 6.07) is 9.17. The Kier molecular flexibility index (Phi) is 3.71.